The molecular weight excluding hydrogens is 326 g/mol. The number of amides is 1. The van der Waals surface area contributed by atoms with E-state index >= 15 is 0 Å². The molecule has 0 unspecified atom stereocenters. The van der Waals surface area contributed by atoms with Crippen molar-refractivity contribution in [2.75, 3.05) is 31.1 Å². The van der Waals surface area contributed by atoms with Crippen molar-refractivity contribution in [2.45, 2.75) is 20.8 Å². The summed E-state index contributed by atoms with van der Waals surface area (Å²) in [5.41, 5.74) is 1.49. The Labute approximate surface area is 147 Å². The third-order valence-electron chi connectivity index (χ3n) is 3.91. The molecule has 0 aromatic carbocycles. The zero-order chi connectivity index (χ0) is 17.7. The van der Waals surface area contributed by atoms with Crippen LogP contribution in [0.5, 0.6) is 0 Å². The van der Waals surface area contributed by atoms with Gasteiger partial charge in [0.2, 0.25) is 11.9 Å². The standard InChI is InChI=1S/C17H22ClN5O/c1-4-5-6-12(2)15(19)16-14(18)11-20-17(21-16)23-9-7-22(8-10-23)13(3)24/h4-6,11,19H,7-10H2,1-3H3/b5-4-,12-6-,19-15?. The zero-order valence-corrected chi connectivity index (χ0v) is 15.0. The minimum Gasteiger partial charge on any atom is -0.339 e. The van der Waals surface area contributed by atoms with E-state index in [9.17, 15) is 4.79 Å². The first-order chi connectivity index (χ1) is 11.4. The largest absolute Gasteiger partial charge is 0.339 e. The molecule has 1 fully saturated rings. The Balaban J connectivity index is 2.20. The number of carbonyl (C=O) groups excluding carboxylic acids is 1. The van der Waals surface area contributed by atoms with E-state index in [2.05, 4.69) is 9.97 Å². The number of allylic oxidation sites excluding steroid dienone is 4. The van der Waals surface area contributed by atoms with Gasteiger partial charge >= 0.3 is 0 Å². The molecule has 1 aromatic rings. The third-order valence-corrected chi connectivity index (χ3v) is 4.19. The Hall–Kier alpha value is -2.21. The van der Waals surface area contributed by atoms with Gasteiger partial charge in [0.15, 0.2) is 0 Å². The number of rotatable bonds is 4. The van der Waals surface area contributed by atoms with Crippen LogP contribution in [0.4, 0.5) is 5.95 Å². The molecule has 128 valence electrons. The van der Waals surface area contributed by atoms with Crippen LogP contribution in [0.3, 0.4) is 0 Å². The number of nitrogens with one attached hydrogen (secondary N) is 1. The van der Waals surface area contributed by atoms with Gasteiger partial charge in [-0.1, -0.05) is 29.8 Å². The van der Waals surface area contributed by atoms with Crippen molar-refractivity contribution < 1.29 is 4.79 Å². The Morgan fingerprint density at radius 1 is 1.29 bits per heavy atom. The fourth-order valence-electron chi connectivity index (χ4n) is 2.42. The van der Waals surface area contributed by atoms with Gasteiger partial charge in [-0.2, -0.15) is 0 Å². The van der Waals surface area contributed by atoms with Crippen molar-refractivity contribution in [1.29, 1.82) is 5.41 Å². The summed E-state index contributed by atoms with van der Waals surface area (Å²) >= 11 is 6.19. The number of hydrogen-bond acceptors (Lipinski definition) is 5. The lowest BCUT2D eigenvalue weighted by Crippen LogP contribution is -2.48. The van der Waals surface area contributed by atoms with Crippen molar-refractivity contribution >= 4 is 29.2 Å². The van der Waals surface area contributed by atoms with Crippen molar-refractivity contribution in [1.82, 2.24) is 14.9 Å². The Morgan fingerprint density at radius 3 is 2.54 bits per heavy atom. The summed E-state index contributed by atoms with van der Waals surface area (Å²) < 4.78 is 0. The maximum atomic E-state index is 11.4. The number of hydrogen-bond donors (Lipinski definition) is 1. The third kappa shape index (κ3) is 4.20. The topological polar surface area (TPSA) is 73.2 Å². The second kappa shape index (κ2) is 8.06. The fourth-order valence-corrected chi connectivity index (χ4v) is 2.60. The predicted molar refractivity (Wildman–Crippen MR) is 96.9 cm³/mol. The van der Waals surface area contributed by atoms with Gasteiger partial charge in [0.25, 0.3) is 0 Å². The molecule has 0 radical (unpaired) electrons. The van der Waals surface area contributed by atoms with E-state index in [0.717, 1.165) is 5.57 Å². The minimum atomic E-state index is 0.0823. The Kier molecular flexibility index (Phi) is 6.09. The lowest BCUT2D eigenvalue weighted by Gasteiger charge is -2.34. The first-order valence-electron chi connectivity index (χ1n) is 7.86. The zero-order valence-electron chi connectivity index (χ0n) is 14.2. The monoisotopic (exact) mass is 347 g/mol. The number of aromatic nitrogens is 2. The second-order valence-electron chi connectivity index (χ2n) is 5.61. The number of anilines is 1. The first kappa shape index (κ1) is 18.1. The molecule has 0 bridgehead atoms. The van der Waals surface area contributed by atoms with Crippen molar-refractivity contribution in [3.05, 3.63) is 40.7 Å². The Bertz CT molecular complexity index is 690. The molecule has 0 atom stereocenters. The molecule has 24 heavy (non-hydrogen) atoms. The lowest BCUT2D eigenvalue weighted by atomic mass is 10.1. The highest BCUT2D eigenvalue weighted by Gasteiger charge is 2.22. The van der Waals surface area contributed by atoms with E-state index < -0.39 is 0 Å². The van der Waals surface area contributed by atoms with Gasteiger partial charge < -0.3 is 9.80 Å². The van der Waals surface area contributed by atoms with Crippen LogP contribution >= 0.6 is 11.6 Å². The maximum absolute atomic E-state index is 11.4. The first-order valence-corrected chi connectivity index (χ1v) is 8.23. The summed E-state index contributed by atoms with van der Waals surface area (Å²) in [5, 5.41) is 8.67. The van der Waals surface area contributed by atoms with Gasteiger partial charge in [0.05, 0.1) is 16.9 Å². The van der Waals surface area contributed by atoms with Crippen molar-refractivity contribution in [2.24, 2.45) is 0 Å². The molecule has 1 amide bonds. The summed E-state index contributed by atoms with van der Waals surface area (Å²) in [4.78, 5) is 24.0. The highest BCUT2D eigenvalue weighted by atomic mass is 35.5. The van der Waals surface area contributed by atoms with Gasteiger partial charge in [0.1, 0.15) is 5.69 Å². The molecule has 0 aliphatic carbocycles. The fraction of sp³-hybridized carbons (Fsp3) is 0.412. The van der Waals surface area contributed by atoms with E-state index in [1.165, 1.54) is 6.20 Å². The molecule has 1 aromatic heterocycles. The van der Waals surface area contributed by atoms with Crippen LogP contribution in [-0.4, -0.2) is 52.7 Å². The minimum absolute atomic E-state index is 0.0823. The van der Waals surface area contributed by atoms with Crippen LogP contribution in [0.25, 0.3) is 0 Å². The molecule has 7 heteroatoms. The molecule has 2 heterocycles. The van der Waals surface area contributed by atoms with Crippen LogP contribution < -0.4 is 4.90 Å². The molecule has 0 spiro atoms. The van der Waals surface area contributed by atoms with E-state index in [4.69, 9.17) is 17.0 Å². The molecule has 1 aliphatic rings. The van der Waals surface area contributed by atoms with Crippen molar-refractivity contribution in [3.8, 4) is 0 Å². The van der Waals surface area contributed by atoms with Crippen LogP contribution in [0.2, 0.25) is 5.02 Å². The summed E-state index contributed by atoms with van der Waals surface area (Å²) in [7, 11) is 0. The number of halogens is 1. The van der Waals surface area contributed by atoms with Crippen LogP contribution in [0.1, 0.15) is 26.5 Å². The van der Waals surface area contributed by atoms with E-state index in [1.54, 1.807) is 11.8 Å². The van der Waals surface area contributed by atoms with Gasteiger partial charge in [-0.25, -0.2) is 9.97 Å². The average Bonchev–Trinajstić information content (AvgIpc) is 2.59. The lowest BCUT2D eigenvalue weighted by molar-refractivity contribution is -0.129. The molecule has 6 nitrogen and oxygen atoms in total. The summed E-state index contributed by atoms with van der Waals surface area (Å²) in [6, 6.07) is 0. The second-order valence-corrected chi connectivity index (χ2v) is 6.02. The smallest absolute Gasteiger partial charge is 0.226 e. The van der Waals surface area contributed by atoms with Gasteiger partial charge in [-0.05, 0) is 19.4 Å². The van der Waals surface area contributed by atoms with E-state index in [1.807, 2.05) is 37.0 Å². The molecule has 1 N–H and O–H groups in total. The molecular formula is C17H22ClN5O. The average molecular weight is 348 g/mol. The predicted octanol–water partition coefficient (Wildman–Crippen LogP) is 2.69. The van der Waals surface area contributed by atoms with E-state index in [0.29, 0.717) is 42.8 Å². The summed E-state index contributed by atoms with van der Waals surface area (Å²) in [6.07, 6.45) is 7.17. The molecule has 1 saturated heterocycles. The molecule has 1 aliphatic heterocycles. The normalized spacial score (nSPS) is 15.9. The molecule has 2 rings (SSSR count). The van der Waals surface area contributed by atoms with Crippen LogP contribution in [-0.2, 0) is 4.79 Å². The van der Waals surface area contributed by atoms with Gasteiger partial charge in [-0.15, -0.1) is 0 Å². The molecule has 0 saturated carbocycles. The van der Waals surface area contributed by atoms with Crippen molar-refractivity contribution in [3.63, 3.8) is 0 Å². The van der Waals surface area contributed by atoms with Crippen LogP contribution in [0.15, 0.2) is 30.0 Å². The Morgan fingerprint density at radius 2 is 1.96 bits per heavy atom. The number of nitrogens with zero attached hydrogens (tertiary/aromatic N) is 4. The number of carbonyl (C=O) groups is 1. The highest BCUT2D eigenvalue weighted by molar-refractivity contribution is 6.34. The number of piperazine rings is 1. The summed E-state index contributed by atoms with van der Waals surface area (Å²) in [6.45, 7) is 7.98. The quantitative estimate of drug-likeness (QED) is 0.671. The maximum Gasteiger partial charge on any atom is 0.226 e. The van der Waals surface area contributed by atoms with Gasteiger partial charge in [0, 0.05) is 33.1 Å². The summed E-state index contributed by atoms with van der Waals surface area (Å²) in [5.74, 6) is 0.625. The SMILES string of the molecule is C/C=C\C=C(\C)C(=N)c1nc(N2CCN(C(C)=O)CC2)ncc1Cl. The highest BCUT2D eigenvalue weighted by Crippen LogP contribution is 2.20. The van der Waals surface area contributed by atoms with Gasteiger partial charge in [-0.3, -0.25) is 10.2 Å². The van der Waals surface area contributed by atoms with Crippen LogP contribution in [0, 0.1) is 5.41 Å². The van der Waals surface area contributed by atoms with E-state index in [-0.39, 0.29) is 11.6 Å².